The summed E-state index contributed by atoms with van der Waals surface area (Å²) in [5.74, 6) is 0. The van der Waals surface area contributed by atoms with Crippen LogP contribution in [-0.2, 0) is 4.74 Å². The van der Waals surface area contributed by atoms with E-state index in [0.29, 0.717) is 13.2 Å². The van der Waals surface area contributed by atoms with Crippen LogP contribution in [0.25, 0.3) is 11.0 Å². The molecule has 1 saturated heterocycles. The van der Waals surface area contributed by atoms with Gasteiger partial charge in [-0.3, -0.25) is 9.88 Å². The van der Waals surface area contributed by atoms with Crippen LogP contribution in [0.15, 0.2) is 42.5 Å². The summed E-state index contributed by atoms with van der Waals surface area (Å²) in [5.41, 5.74) is 3.24. The van der Waals surface area contributed by atoms with E-state index in [2.05, 4.69) is 15.3 Å². The first-order valence-corrected chi connectivity index (χ1v) is 7.41. The monoisotopic (exact) mass is 309 g/mol. The number of hydrogen-bond acceptors (Lipinski definition) is 5. The number of benzene rings is 1. The number of nitrogens with zero attached hydrogens (tertiary/aromatic N) is 5. The van der Waals surface area contributed by atoms with Gasteiger partial charge in [-0.05, 0) is 31.2 Å². The number of fused-ring (bicyclic) bond motifs is 1. The zero-order valence-electron chi connectivity index (χ0n) is 12.6. The molecule has 1 aromatic carbocycles. The SMILES string of the molecule is Cc1cccc(C(N2CCOC2=O)n2nnc3ccccc32)n1. The van der Waals surface area contributed by atoms with Crippen molar-refractivity contribution in [3.8, 4) is 0 Å². The molecule has 0 bridgehead atoms. The molecular weight excluding hydrogens is 294 g/mol. The largest absolute Gasteiger partial charge is 0.447 e. The summed E-state index contributed by atoms with van der Waals surface area (Å²) in [6.45, 7) is 2.78. The van der Waals surface area contributed by atoms with Gasteiger partial charge in [0, 0.05) is 5.69 Å². The van der Waals surface area contributed by atoms with Crippen LogP contribution in [0.2, 0.25) is 0 Å². The number of para-hydroxylation sites is 1. The van der Waals surface area contributed by atoms with Gasteiger partial charge >= 0.3 is 6.09 Å². The van der Waals surface area contributed by atoms with E-state index in [1.165, 1.54) is 0 Å². The summed E-state index contributed by atoms with van der Waals surface area (Å²) in [5, 5.41) is 8.45. The third-order valence-electron chi connectivity index (χ3n) is 3.87. The summed E-state index contributed by atoms with van der Waals surface area (Å²) in [7, 11) is 0. The van der Waals surface area contributed by atoms with Gasteiger partial charge in [0.2, 0.25) is 0 Å². The number of carbonyl (C=O) groups is 1. The highest BCUT2D eigenvalue weighted by Crippen LogP contribution is 2.27. The lowest BCUT2D eigenvalue weighted by molar-refractivity contribution is 0.139. The highest BCUT2D eigenvalue weighted by Gasteiger charge is 2.34. The summed E-state index contributed by atoms with van der Waals surface area (Å²) >= 11 is 0. The molecule has 0 saturated carbocycles. The number of ether oxygens (including phenoxy) is 1. The third kappa shape index (κ3) is 2.30. The van der Waals surface area contributed by atoms with Gasteiger partial charge < -0.3 is 4.74 Å². The molecule has 0 N–H and O–H groups in total. The summed E-state index contributed by atoms with van der Waals surface area (Å²) in [4.78, 5) is 18.3. The fourth-order valence-electron chi connectivity index (χ4n) is 2.82. The zero-order valence-corrected chi connectivity index (χ0v) is 12.6. The van der Waals surface area contributed by atoms with E-state index < -0.39 is 6.17 Å². The Balaban J connectivity index is 1.90. The Morgan fingerprint density at radius 3 is 2.83 bits per heavy atom. The molecule has 7 nitrogen and oxygen atoms in total. The van der Waals surface area contributed by atoms with Gasteiger partial charge in [-0.2, -0.15) is 0 Å². The Kier molecular flexibility index (Phi) is 3.18. The lowest BCUT2D eigenvalue weighted by Gasteiger charge is -2.25. The molecule has 116 valence electrons. The Hall–Kier alpha value is -2.96. The second-order valence-corrected chi connectivity index (χ2v) is 5.41. The predicted octanol–water partition coefficient (Wildman–Crippen LogP) is 2.13. The standard InChI is InChI=1S/C16H15N5O2/c1-11-5-4-7-13(17-11)15(20-9-10-23-16(20)22)21-14-8-3-2-6-12(14)18-19-21/h2-8,15H,9-10H2,1H3. The Bertz CT molecular complexity index is 876. The number of amides is 1. The number of carbonyl (C=O) groups excluding carboxylic acids is 1. The summed E-state index contributed by atoms with van der Waals surface area (Å²) in [6, 6.07) is 13.4. The first-order valence-electron chi connectivity index (χ1n) is 7.41. The van der Waals surface area contributed by atoms with Crippen LogP contribution in [0.3, 0.4) is 0 Å². The molecule has 1 amide bonds. The molecule has 7 heteroatoms. The molecule has 0 radical (unpaired) electrons. The van der Waals surface area contributed by atoms with Crippen LogP contribution in [0.5, 0.6) is 0 Å². The van der Waals surface area contributed by atoms with Crippen LogP contribution in [0.1, 0.15) is 17.6 Å². The van der Waals surface area contributed by atoms with Crippen molar-refractivity contribution < 1.29 is 9.53 Å². The van der Waals surface area contributed by atoms with Crippen molar-refractivity contribution in [2.45, 2.75) is 13.1 Å². The van der Waals surface area contributed by atoms with E-state index in [1.54, 1.807) is 9.58 Å². The molecule has 1 atom stereocenters. The van der Waals surface area contributed by atoms with Gasteiger partial charge in [-0.1, -0.05) is 23.4 Å². The minimum atomic E-state index is -0.475. The molecule has 1 aliphatic rings. The van der Waals surface area contributed by atoms with Crippen LogP contribution in [0.4, 0.5) is 4.79 Å². The Labute approximate surface area is 132 Å². The topological polar surface area (TPSA) is 73.1 Å². The molecule has 0 aliphatic carbocycles. The molecule has 0 spiro atoms. The number of aromatic nitrogens is 4. The van der Waals surface area contributed by atoms with Gasteiger partial charge in [-0.15, -0.1) is 5.10 Å². The van der Waals surface area contributed by atoms with Crippen LogP contribution in [0, 0.1) is 6.92 Å². The molecule has 3 aromatic rings. The van der Waals surface area contributed by atoms with E-state index in [-0.39, 0.29) is 6.09 Å². The number of cyclic esters (lactones) is 1. The number of pyridine rings is 1. The van der Waals surface area contributed by atoms with E-state index in [4.69, 9.17) is 4.74 Å². The van der Waals surface area contributed by atoms with Crippen molar-refractivity contribution in [3.63, 3.8) is 0 Å². The smallest absolute Gasteiger partial charge is 0.411 e. The minimum Gasteiger partial charge on any atom is -0.447 e. The van der Waals surface area contributed by atoms with Crippen molar-refractivity contribution in [2.75, 3.05) is 13.2 Å². The van der Waals surface area contributed by atoms with Crippen molar-refractivity contribution in [2.24, 2.45) is 0 Å². The fourth-order valence-corrected chi connectivity index (χ4v) is 2.82. The molecule has 1 unspecified atom stereocenters. The van der Waals surface area contributed by atoms with Crippen molar-refractivity contribution >= 4 is 17.1 Å². The Morgan fingerprint density at radius 2 is 2.04 bits per heavy atom. The van der Waals surface area contributed by atoms with Crippen molar-refractivity contribution in [3.05, 3.63) is 53.9 Å². The van der Waals surface area contributed by atoms with E-state index in [1.807, 2.05) is 49.4 Å². The molecular formula is C16H15N5O2. The van der Waals surface area contributed by atoms with Gasteiger partial charge in [-0.25, -0.2) is 9.48 Å². The van der Waals surface area contributed by atoms with E-state index in [9.17, 15) is 4.79 Å². The second kappa shape index (κ2) is 5.35. The van der Waals surface area contributed by atoms with Crippen LogP contribution in [-0.4, -0.2) is 44.1 Å². The highest BCUT2D eigenvalue weighted by molar-refractivity contribution is 5.75. The quantitative estimate of drug-likeness (QED) is 0.741. The fraction of sp³-hybridized carbons (Fsp3) is 0.250. The number of aryl methyl sites for hydroxylation is 1. The van der Waals surface area contributed by atoms with Gasteiger partial charge in [0.15, 0.2) is 6.17 Å². The lowest BCUT2D eigenvalue weighted by atomic mass is 10.2. The highest BCUT2D eigenvalue weighted by atomic mass is 16.6. The van der Waals surface area contributed by atoms with E-state index >= 15 is 0 Å². The van der Waals surface area contributed by atoms with Crippen LogP contribution < -0.4 is 0 Å². The average Bonchev–Trinajstić information content (AvgIpc) is 3.16. The van der Waals surface area contributed by atoms with Crippen molar-refractivity contribution in [1.29, 1.82) is 0 Å². The van der Waals surface area contributed by atoms with Gasteiger partial charge in [0.25, 0.3) is 0 Å². The molecule has 3 heterocycles. The number of rotatable bonds is 3. The van der Waals surface area contributed by atoms with Crippen molar-refractivity contribution in [1.82, 2.24) is 24.9 Å². The molecule has 2 aromatic heterocycles. The first kappa shape index (κ1) is 13.7. The van der Waals surface area contributed by atoms with Crippen LogP contribution >= 0.6 is 0 Å². The zero-order chi connectivity index (χ0) is 15.8. The predicted molar refractivity (Wildman–Crippen MR) is 82.7 cm³/mol. The normalized spacial score (nSPS) is 15.9. The third-order valence-corrected chi connectivity index (χ3v) is 3.87. The summed E-state index contributed by atoms with van der Waals surface area (Å²) < 4.78 is 6.83. The average molecular weight is 309 g/mol. The minimum absolute atomic E-state index is 0.363. The van der Waals surface area contributed by atoms with E-state index in [0.717, 1.165) is 22.4 Å². The molecule has 1 fully saturated rings. The molecule has 4 rings (SSSR count). The number of hydrogen-bond donors (Lipinski definition) is 0. The van der Waals surface area contributed by atoms with Gasteiger partial charge in [0.1, 0.15) is 12.1 Å². The molecule has 1 aliphatic heterocycles. The first-order chi connectivity index (χ1) is 11.2. The maximum absolute atomic E-state index is 12.1. The second-order valence-electron chi connectivity index (χ2n) is 5.41. The lowest BCUT2D eigenvalue weighted by Crippen LogP contribution is -2.35. The maximum atomic E-state index is 12.1. The Morgan fingerprint density at radius 1 is 1.17 bits per heavy atom. The van der Waals surface area contributed by atoms with Gasteiger partial charge in [0.05, 0.1) is 17.8 Å². The maximum Gasteiger partial charge on any atom is 0.411 e. The summed E-state index contributed by atoms with van der Waals surface area (Å²) in [6.07, 6.45) is -0.838. The molecule has 23 heavy (non-hydrogen) atoms.